The van der Waals surface area contributed by atoms with Gasteiger partial charge < -0.3 is 19.8 Å². The number of carbonyl (C=O) groups is 1. The number of fused-ring (bicyclic) bond motifs is 9. The molecule has 8 heteroatoms. The molecule has 6 nitrogen and oxygen atoms in total. The Bertz CT molecular complexity index is 1770. The summed E-state index contributed by atoms with van der Waals surface area (Å²) < 4.78 is 26.0. The van der Waals surface area contributed by atoms with Crippen molar-refractivity contribution in [3.63, 3.8) is 0 Å². The lowest BCUT2D eigenvalue weighted by atomic mass is 9.83. The standard InChI is InChI=1S/C30H21ClFN3O3/c1-37-25-10-9-23(31)22(26(25)32)13-33-30(36)16-6-8-19-21(12-16)29-18-7-5-15(11-20(18)28(19)38-29)17-3-2-4-24-27(17)35-14-34-24/h2-12,14,28-29H,13H2,1H3,(H,33,36)(H,34,35). The van der Waals surface area contributed by atoms with E-state index in [2.05, 4.69) is 39.6 Å². The normalized spacial score (nSPS) is 16.9. The van der Waals surface area contributed by atoms with Gasteiger partial charge in [-0.05, 0) is 64.2 Å². The highest BCUT2D eigenvalue weighted by atomic mass is 35.5. The molecule has 0 radical (unpaired) electrons. The predicted molar refractivity (Wildman–Crippen MR) is 142 cm³/mol. The number of nitrogens with one attached hydrogen (secondary N) is 2. The van der Waals surface area contributed by atoms with Crippen molar-refractivity contribution in [1.29, 1.82) is 0 Å². The highest BCUT2D eigenvalue weighted by Gasteiger charge is 2.43. The fraction of sp³-hybridized carbons (Fsp3) is 0.133. The van der Waals surface area contributed by atoms with Crippen molar-refractivity contribution in [3.8, 4) is 16.9 Å². The number of hydrogen-bond acceptors (Lipinski definition) is 4. The van der Waals surface area contributed by atoms with E-state index >= 15 is 0 Å². The lowest BCUT2D eigenvalue weighted by Crippen LogP contribution is -2.24. The summed E-state index contributed by atoms with van der Waals surface area (Å²) >= 11 is 6.16. The average Bonchev–Trinajstić information content (AvgIpc) is 3.66. The van der Waals surface area contributed by atoms with Crippen LogP contribution in [0.15, 0.2) is 73.1 Å². The summed E-state index contributed by atoms with van der Waals surface area (Å²) in [5.41, 5.74) is 8.99. The smallest absolute Gasteiger partial charge is 0.251 e. The molecular weight excluding hydrogens is 505 g/mol. The molecule has 4 aromatic carbocycles. The Hall–Kier alpha value is -4.20. The minimum atomic E-state index is -0.584. The highest BCUT2D eigenvalue weighted by molar-refractivity contribution is 6.31. The van der Waals surface area contributed by atoms with Crippen LogP contribution in [0, 0.1) is 5.82 Å². The molecule has 2 aliphatic rings. The van der Waals surface area contributed by atoms with E-state index in [1.165, 1.54) is 13.2 Å². The summed E-state index contributed by atoms with van der Waals surface area (Å²) in [5, 5.41) is 3.00. The van der Waals surface area contributed by atoms with Gasteiger partial charge in [-0.1, -0.05) is 41.9 Å². The number of aromatic amines is 1. The molecule has 0 fully saturated rings. The van der Waals surface area contributed by atoms with E-state index in [0.717, 1.165) is 44.4 Å². The third-order valence-electron chi connectivity index (χ3n) is 7.39. The van der Waals surface area contributed by atoms with Crippen molar-refractivity contribution >= 4 is 28.5 Å². The molecule has 2 aliphatic heterocycles. The molecule has 38 heavy (non-hydrogen) atoms. The maximum absolute atomic E-state index is 14.6. The van der Waals surface area contributed by atoms with Crippen LogP contribution in [0.2, 0.25) is 5.02 Å². The Balaban J connectivity index is 1.15. The Kier molecular flexibility index (Phi) is 5.25. The van der Waals surface area contributed by atoms with Gasteiger partial charge >= 0.3 is 0 Å². The van der Waals surface area contributed by atoms with Crippen LogP contribution in [0.3, 0.4) is 0 Å². The number of imidazole rings is 1. The number of rotatable bonds is 5. The highest BCUT2D eigenvalue weighted by Crippen LogP contribution is 2.55. The number of halogens is 2. The maximum Gasteiger partial charge on any atom is 0.251 e. The SMILES string of the molecule is COc1ccc(Cl)c(CNC(=O)c2ccc3c(c2)C2OC3c3cc(-c4cccc5[nH]cnc45)ccc32)c1F. The average molecular weight is 526 g/mol. The maximum atomic E-state index is 14.6. The summed E-state index contributed by atoms with van der Waals surface area (Å²) in [4.78, 5) is 20.6. The quantitative estimate of drug-likeness (QED) is 0.275. The molecule has 2 bridgehead atoms. The molecule has 0 aliphatic carbocycles. The van der Waals surface area contributed by atoms with E-state index in [4.69, 9.17) is 21.1 Å². The second kappa shape index (κ2) is 8.68. The molecule has 188 valence electrons. The van der Waals surface area contributed by atoms with Crippen LogP contribution in [0.25, 0.3) is 22.2 Å². The van der Waals surface area contributed by atoms with Gasteiger partial charge in [-0.15, -0.1) is 0 Å². The number of amides is 1. The fourth-order valence-electron chi connectivity index (χ4n) is 5.52. The molecule has 7 rings (SSSR count). The van der Waals surface area contributed by atoms with Crippen molar-refractivity contribution in [3.05, 3.63) is 117 Å². The number of carbonyl (C=O) groups excluding carboxylic acids is 1. The first-order chi connectivity index (χ1) is 18.5. The van der Waals surface area contributed by atoms with Crippen molar-refractivity contribution in [2.24, 2.45) is 0 Å². The molecule has 2 unspecified atom stereocenters. The summed E-state index contributed by atoms with van der Waals surface area (Å²) in [6, 6.07) is 21.1. The molecule has 1 amide bonds. The number of ether oxygens (including phenoxy) is 2. The van der Waals surface area contributed by atoms with Gasteiger partial charge in [-0.2, -0.15) is 0 Å². The second-order valence-corrected chi connectivity index (χ2v) is 9.82. The number of nitrogens with zero attached hydrogens (tertiary/aromatic N) is 1. The number of methoxy groups -OCH3 is 1. The Morgan fingerprint density at radius 1 is 1.05 bits per heavy atom. The van der Waals surface area contributed by atoms with E-state index in [9.17, 15) is 9.18 Å². The second-order valence-electron chi connectivity index (χ2n) is 9.41. The summed E-state index contributed by atoms with van der Waals surface area (Å²) in [5.74, 6) is -0.830. The van der Waals surface area contributed by atoms with Gasteiger partial charge in [-0.3, -0.25) is 4.79 Å². The van der Waals surface area contributed by atoms with E-state index in [1.54, 1.807) is 18.5 Å². The Morgan fingerprint density at radius 2 is 1.84 bits per heavy atom. The van der Waals surface area contributed by atoms with Gasteiger partial charge in [0.1, 0.15) is 12.2 Å². The zero-order chi connectivity index (χ0) is 26.0. The zero-order valence-corrected chi connectivity index (χ0v) is 21.0. The third-order valence-corrected chi connectivity index (χ3v) is 7.75. The molecule has 0 spiro atoms. The first kappa shape index (κ1) is 23.0. The summed E-state index contributed by atoms with van der Waals surface area (Å²) in [6.45, 7) is -0.0608. The van der Waals surface area contributed by atoms with Crippen LogP contribution in [-0.4, -0.2) is 23.0 Å². The van der Waals surface area contributed by atoms with E-state index in [0.29, 0.717) is 5.56 Å². The minimum absolute atomic E-state index is 0.0608. The number of H-pyrrole nitrogens is 1. The number of hydrogen-bond donors (Lipinski definition) is 2. The molecule has 2 N–H and O–H groups in total. The lowest BCUT2D eigenvalue weighted by Gasteiger charge is -2.18. The molecular formula is C30H21ClFN3O3. The van der Waals surface area contributed by atoms with Crippen molar-refractivity contribution in [1.82, 2.24) is 15.3 Å². The predicted octanol–water partition coefficient (Wildman–Crippen LogP) is 6.48. The van der Waals surface area contributed by atoms with Crippen LogP contribution in [0.1, 0.15) is 50.4 Å². The number of para-hydroxylation sites is 1. The van der Waals surface area contributed by atoms with Crippen LogP contribution in [0.4, 0.5) is 4.39 Å². The van der Waals surface area contributed by atoms with E-state index < -0.39 is 5.82 Å². The third kappa shape index (κ3) is 3.43. The van der Waals surface area contributed by atoms with Gasteiger partial charge in [0.25, 0.3) is 5.91 Å². The molecule has 3 heterocycles. The number of benzene rings is 4. The Labute approximate surface area is 222 Å². The molecule has 0 saturated heterocycles. The molecule has 2 atom stereocenters. The Morgan fingerprint density at radius 3 is 2.66 bits per heavy atom. The fourth-order valence-corrected chi connectivity index (χ4v) is 5.73. The van der Waals surface area contributed by atoms with Gasteiger partial charge in [0.05, 0.1) is 24.5 Å². The number of aromatic nitrogens is 2. The van der Waals surface area contributed by atoms with Crippen LogP contribution in [-0.2, 0) is 11.3 Å². The van der Waals surface area contributed by atoms with Gasteiger partial charge in [0.15, 0.2) is 11.6 Å². The molecule has 5 aromatic rings. The largest absolute Gasteiger partial charge is 0.494 e. The van der Waals surface area contributed by atoms with Gasteiger partial charge in [0, 0.05) is 28.3 Å². The molecule has 1 aromatic heterocycles. The first-order valence-corrected chi connectivity index (χ1v) is 12.6. The summed E-state index contributed by atoms with van der Waals surface area (Å²) in [6.07, 6.45) is 1.28. The molecule has 0 saturated carbocycles. The van der Waals surface area contributed by atoms with Gasteiger partial charge in [-0.25, -0.2) is 9.37 Å². The topological polar surface area (TPSA) is 76.2 Å². The van der Waals surface area contributed by atoms with Crippen molar-refractivity contribution in [2.75, 3.05) is 7.11 Å². The van der Waals surface area contributed by atoms with Crippen molar-refractivity contribution < 1.29 is 18.7 Å². The minimum Gasteiger partial charge on any atom is -0.494 e. The first-order valence-electron chi connectivity index (χ1n) is 12.2. The van der Waals surface area contributed by atoms with Crippen LogP contribution in [0.5, 0.6) is 5.75 Å². The zero-order valence-electron chi connectivity index (χ0n) is 20.2. The van der Waals surface area contributed by atoms with E-state index in [-0.39, 0.29) is 41.0 Å². The monoisotopic (exact) mass is 525 g/mol. The van der Waals surface area contributed by atoms with E-state index in [1.807, 2.05) is 24.3 Å². The lowest BCUT2D eigenvalue weighted by molar-refractivity contribution is 0.0857. The van der Waals surface area contributed by atoms with Crippen molar-refractivity contribution in [2.45, 2.75) is 18.8 Å². The summed E-state index contributed by atoms with van der Waals surface area (Å²) in [7, 11) is 1.38. The van der Waals surface area contributed by atoms with Gasteiger partial charge in [0.2, 0.25) is 0 Å². The van der Waals surface area contributed by atoms with Crippen LogP contribution >= 0.6 is 11.6 Å². The van der Waals surface area contributed by atoms with Crippen LogP contribution < -0.4 is 10.1 Å².